The van der Waals surface area contributed by atoms with Crippen LogP contribution in [0.5, 0.6) is 0 Å². The maximum absolute atomic E-state index is 12.0. The third-order valence-corrected chi connectivity index (χ3v) is 3.53. The van der Waals surface area contributed by atoms with Gasteiger partial charge in [0.15, 0.2) is 11.9 Å². The second-order valence-corrected chi connectivity index (χ2v) is 5.81. The number of carbonyl (C=O) groups excluding carboxylic acids is 2. The molecule has 0 aliphatic rings. The molecule has 0 fully saturated rings. The van der Waals surface area contributed by atoms with Crippen molar-refractivity contribution >= 4 is 52.5 Å². The average Bonchev–Trinajstić information content (AvgIpc) is 2.50. The molecule has 23 heavy (non-hydrogen) atoms. The van der Waals surface area contributed by atoms with Crippen LogP contribution in [0.2, 0.25) is 15.1 Å². The van der Waals surface area contributed by atoms with Crippen molar-refractivity contribution in [1.29, 1.82) is 0 Å². The topological polar surface area (TPSA) is 68.3 Å². The summed E-state index contributed by atoms with van der Waals surface area (Å²) in [5, 5.41) is 3.49. The van der Waals surface area contributed by atoms with Gasteiger partial charge < -0.3 is 10.1 Å². The van der Waals surface area contributed by atoms with E-state index in [9.17, 15) is 9.59 Å². The summed E-state index contributed by atoms with van der Waals surface area (Å²) in [6.07, 6.45) is 0.305. The quantitative estimate of drug-likeness (QED) is 0.815. The van der Waals surface area contributed by atoms with Crippen molar-refractivity contribution in [1.82, 2.24) is 4.98 Å². The van der Waals surface area contributed by atoms with Gasteiger partial charge >= 0.3 is 5.97 Å². The zero-order valence-electron chi connectivity index (χ0n) is 11.8. The molecule has 8 heteroatoms. The Kier molecular flexibility index (Phi) is 5.82. The number of ether oxygens (including phenoxy) is 1. The van der Waals surface area contributed by atoms with Gasteiger partial charge in [-0.25, -0.2) is 9.78 Å². The highest BCUT2D eigenvalue weighted by Crippen LogP contribution is 2.22. The lowest BCUT2D eigenvalue weighted by atomic mass is 10.2. The number of benzene rings is 1. The van der Waals surface area contributed by atoms with Crippen LogP contribution in [0, 0.1) is 0 Å². The summed E-state index contributed by atoms with van der Waals surface area (Å²) in [5.74, 6) is -1.07. The minimum absolute atomic E-state index is 0.135. The van der Waals surface area contributed by atoms with Gasteiger partial charge in [0.2, 0.25) is 0 Å². The first-order valence-electron chi connectivity index (χ1n) is 6.45. The van der Waals surface area contributed by atoms with Crippen LogP contribution in [0.15, 0.2) is 36.5 Å². The number of carbonyl (C=O) groups is 2. The van der Waals surface area contributed by atoms with Crippen LogP contribution in [0.25, 0.3) is 0 Å². The van der Waals surface area contributed by atoms with E-state index in [0.29, 0.717) is 10.0 Å². The fourth-order valence-corrected chi connectivity index (χ4v) is 2.15. The third-order valence-electron chi connectivity index (χ3n) is 2.78. The van der Waals surface area contributed by atoms with Gasteiger partial charge in [-0.15, -0.1) is 0 Å². The van der Waals surface area contributed by atoms with Gasteiger partial charge in [0.05, 0.1) is 15.6 Å². The molecular formula is C15H11Cl3N2O3. The number of rotatable bonds is 4. The lowest BCUT2D eigenvalue weighted by Gasteiger charge is -2.13. The first kappa shape index (κ1) is 17.5. The molecule has 0 radical (unpaired) electrons. The van der Waals surface area contributed by atoms with Gasteiger partial charge in [-0.05, 0) is 37.3 Å². The Hall–Kier alpha value is -1.82. The summed E-state index contributed by atoms with van der Waals surface area (Å²) in [5.41, 5.74) is 0.289. The molecule has 5 nitrogen and oxygen atoms in total. The SMILES string of the molecule is C[C@H](OC(=O)c1ccc(Cl)cc1)C(=O)Nc1ncc(Cl)cc1Cl. The predicted octanol–water partition coefficient (Wildman–Crippen LogP) is 4.23. The fraction of sp³-hybridized carbons (Fsp3) is 0.133. The van der Waals surface area contributed by atoms with Gasteiger partial charge in [0, 0.05) is 11.2 Å². The molecule has 0 bridgehead atoms. The molecule has 0 aliphatic carbocycles. The van der Waals surface area contributed by atoms with Gasteiger partial charge in [-0.1, -0.05) is 34.8 Å². The minimum atomic E-state index is -1.04. The van der Waals surface area contributed by atoms with Gasteiger partial charge in [-0.3, -0.25) is 4.79 Å². The van der Waals surface area contributed by atoms with Crippen molar-refractivity contribution in [3.8, 4) is 0 Å². The Morgan fingerprint density at radius 3 is 2.39 bits per heavy atom. The largest absolute Gasteiger partial charge is 0.449 e. The van der Waals surface area contributed by atoms with E-state index in [2.05, 4.69) is 10.3 Å². The second-order valence-electron chi connectivity index (χ2n) is 4.53. The number of amides is 1. The van der Waals surface area contributed by atoms with Crippen molar-refractivity contribution in [2.75, 3.05) is 5.32 Å². The van der Waals surface area contributed by atoms with Crippen molar-refractivity contribution in [2.24, 2.45) is 0 Å². The van der Waals surface area contributed by atoms with E-state index in [0.717, 1.165) is 0 Å². The highest BCUT2D eigenvalue weighted by Gasteiger charge is 2.20. The highest BCUT2D eigenvalue weighted by atomic mass is 35.5. The molecule has 2 aromatic rings. The molecule has 0 aliphatic heterocycles. The first-order chi connectivity index (χ1) is 10.9. The first-order valence-corrected chi connectivity index (χ1v) is 7.58. The van der Waals surface area contributed by atoms with Gasteiger partial charge in [0.25, 0.3) is 5.91 Å². The molecule has 120 valence electrons. The molecule has 1 aromatic heterocycles. The Labute approximate surface area is 147 Å². The van der Waals surface area contributed by atoms with Crippen LogP contribution in [0.1, 0.15) is 17.3 Å². The zero-order chi connectivity index (χ0) is 17.0. The molecule has 1 atom stereocenters. The predicted molar refractivity (Wildman–Crippen MR) is 89.2 cm³/mol. The number of hydrogen-bond donors (Lipinski definition) is 1. The van der Waals surface area contributed by atoms with Crippen molar-refractivity contribution in [3.05, 3.63) is 57.2 Å². The molecule has 0 spiro atoms. The fourth-order valence-electron chi connectivity index (χ4n) is 1.59. The van der Waals surface area contributed by atoms with E-state index in [4.69, 9.17) is 39.5 Å². The lowest BCUT2D eigenvalue weighted by molar-refractivity contribution is -0.123. The van der Waals surface area contributed by atoms with Crippen molar-refractivity contribution < 1.29 is 14.3 Å². The second kappa shape index (κ2) is 7.64. The van der Waals surface area contributed by atoms with Crippen molar-refractivity contribution in [2.45, 2.75) is 13.0 Å². The monoisotopic (exact) mass is 372 g/mol. The number of nitrogens with one attached hydrogen (secondary N) is 1. The number of pyridine rings is 1. The Balaban J connectivity index is 1.99. The Morgan fingerprint density at radius 2 is 1.78 bits per heavy atom. The van der Waals surface area contributed by atoms with Crippen LogP contribution in [0.4, 0.5) is 5.82 Å². The zero-order valence-corrected chi connectivity index (χ0v) is 14.1. The van der Waals surface area contributed by atoms with Crippen LogP contribution in [0.3, 0.4) is 0 Å². The van der Waals surface area contributed by atoms with E-state index in [-0.39, 0.29) is 16.4 Å². The van der Waals surface area contributed by atoms with E-state index in [1.807, 2.05) is 0 Å². The normalized spacial score (nSPS) is 11.7. The molecule has 0 saturated heterocycles. The average molecular weight is 374 g/mol. The number of aromatic nitrogens is 1. The molecule has 0 saturated carbocycles. The lowest BCUT2D eigenvalue weighted by Crippen LogP contribution is -2.30. The van der Waals surface area contributed by atoms with Crippen molar-refractivity contribution in [3.63, 3.8) is 0 Å². The standard InChI is InChI=1S/C15H11Cl3N2O3/c1-8(23-15(22)9-2-4-10(16)5-3-9)14(21)20-13-12(18)6-11(17)7-19-13/h2-8H,1H3,(H,19,20,21)/t8-/m0/s1. The van der Waals surface area contributed by atoms with E-state index >= 15 is 0 Å². The maximum atomic E-state index is 12.0. The Morgan fingerprint density at radius 1 is 1.13 bits per heavy atom. The van der Waals surface area contributed by atoms with E-state index in [1.165, 1.54) is 31.3 Å². The highest BCUT2D eigenvalue weighted by molar-refractivity contribution is 6.36. The van der Waals surface area contributed by atoms with Crippen LogP contribution in [-0.2, 0) is 9.53 Å². The smallest absolute Gasteiger partial charge is 0.338 e. The summed E-state index contributed by atoms with van der Waals surface area (Å²) >= 11 is 17.4. The maximum Gasteiger partial charge on any atom is 0.338 e. The Bertz CT molecular complexity index is 735. The van der Waals surface area contributed by atoms with E-state index in [1.54, 1.807) is 12.1 Å². The molecule has 1 amide bonds. The van der Waals surface area contributed by atoms with Gasteiger partial charge in [-0.2, -0.15) is 0 Å². The number of halogens is 3. The molecule has 1 N–H and O–H groups in total. The van der Waals surface area contributed by atoms with Gasteiger partial charge in [0.1, 0.15) is 0 Å². The number of nitrogens with zero attached hydrogens (tertiary/aromatic N) is 1. The summed E-state index contributed by atoms with van der Waals surface area (Å²) in [4.78, 5) is 27.9. The molecule has 2 rings (SSSR count). The number of hydrogen-bond acceptors (Lipinski definition) is 4. The molecule has 0 unspecified atom stereocenters. The van der Waals surface area contributed by atoms with Crippen LogP contribution >= 0.6 is 34.8 Å². The molecule has 1 heterocycles. The minimum Gasteiger partial charge on any atom is -0.449 e. The third kappa shape index (κ3) is 4.82. The summed E-state index contributed by atoms with van der Waals surface area (Å²) in [6, 6.07) is 7.57. The summed E-state index contributed by atoms with van der Waals surface area (Å²) < 4.78 is 5.08. The number of esters is 1. The van der Waals surface area contributed by atoms with E-state index < -0.39 is 18.0 Å². The summed E-state index contributed by atoms with van der Waals surface area (Å²) in [7, 11) is 0. The summed E-state index contributed by atoms with van der Waals surface area (Å²) in [6.45, 7) is 1.44. The van der Waals surface area contributed by atoms with Crippen LogP contribution in [-0.4, -0.2) is 23.0 Å². The molecule has 1 aromatic carbocycles. The van der Waals surface area contributed by atoms with Crippen LogP contribution < -0.4 is 5.32 Å². The number of anilines is 1. The molecular weight excluding hydrogens is 363 g/mol.